The molecule has 0 amide bonds. The van der Waals surface area contributed by atoms with Crippen LogP contribution in [0.5, 0.6) is 5.75 Å². The lowest BCUT2D eigenvalue weighted by atomic mass is 10.1. The average Bonchev–Trinajstić information content (AvgIpc) is 3.87. The predicted octanol–water partition coefficient (Wildman–Crippen LogP) is 6.26. The van der Waals surface area contributed by atoms with Crippen LogP contribution >= 0.6 is 0 Å². The molecule has 0 fully saturated rings. The van der Waals surface area contributed by atoms with Gasteiger partial charge in [0, 0.05) is 51.0 Å². The Morgan fingerprint density at radius 1 is 0.964 bits per heavy atom. The summed E-state index contributed by atoms with van der Waals surface area (Å²) in [4.78, 5) is 23.5. The normalized spacial score (nSPS) is 12.7. The van der Waals surface area contributed by atoms with E-state index in [1.165, 1.54) is 13.4 Å². The van der Waals surface area contributed by atoms with E-state index in [9.17, 15) is 13.2 Å². The molecule has 17 heteroatoms. The van der Waals surface area contributed by atoms with E-state index >= 15 is 0 Å². The molecule has 0 aliphatic heterocycles. The van der Waals surface area contributed by atoms with E-state index in [0.29, 0.717) is 63.3 Å². The molecule has 1 unspecified atom stereocenters. The summed E-state index contributed by atoms with van der Waals surface area (Å²) in [5, 5.41) is 14.1. The maximum Gasteiger partial charge on any atom is 0.282 e. The fourth-order valence-corrected chi connectivity index (χ4v) is 7.70. The summed E-state index contributed by atoms with van der Waals surface area (Å²) in [7, 11) is -3.34. The van der Waals surface area contributed by atoms with Gasteiger partial charge in [0.2, 0.25) is 10.0 Å². The third-order valence-corrected chi connectivity index (χ3v) is 11.4. The summed E-state index contributed by atoms with van der Waals surface area (Å²) >= 11 is 0. The first-order chi connectivity index (χ1) is 26.2. The zero-order chi connectivity index (χ0) is 39.1. The van der Waals surface area contributed by atoms with Gasteiger partial charge in [-0.1, -0.05) is 37.8 Å². The Kier molecular flexibility index (Phi) is 10.1. The van der Waals surface area contributed by atoms with E-state index in [1.807, 2.05) is 67.1 Å². The second-order valence-corrected chi connectivity index (χ2v) is 22.1. The standard InChI is InChI=1S/C38H44N10O5SSi/c1-25-13-15-47-34(25)38(49)48(28-11-9-8-10-12-28)36(43-47)26(2)41-35-33-31(22-45(37(33)40-23-39-35)24-53-17-18-55(5,6)7)32-14-16-46(42-32)29-19-27(44-54(4,50)51)20-30(21-29)52-3/h8-16,19-23,26,44H,17-18,24H2,1-7H3,(H,39,40,41). The summed E-state index contributed by atoms with van der Waals surface area (Å²) in [5.74, 6) is 1.46. The van der Waals surface area contributed by atoms with Gasteiger partial charge in [-0.2, -0.15) is 10.2 Å². The Morgan fingerprint density at radius 3 is 2.47 bits per heavy atom. The Bertz CT molecular complexity index is 2680. The number of sulfonamides is 1. The van der Waals surface area contributed by atoms with E-state index in [0.717, 1.165) is 23.4 Å². The van der Waals surface area contributed by atoms with Crippen molar-refractivity contribution in [3.63, 3.8) is 0 Å². The molecule has 286 valence electrons. The van der Waals surface area contributed by atoms with Gasteiger partial charge >= 0.3 is 0 Å². The van der Waals surface area contributed by atoms with Gasteiger partial charge in [-0.05, 0) is 55.8 Å². The second kappa shape index (κ2) is 14.8. The van der Waals surface area contributed by atoms with Gasteiger partial charge in [-0.25, -0.2) is 27.6 Å². The van der Waals surface area contributed by atoms with E-state index in [-0.39, 0.29) is 12.3 Å². The monoisotopic (exact) mass is 780 g/mol. The number of fused-ring (bicyclic) bond motifs is 2. The fraction of sp³-hybridized carbons (Fsp3) is 0.289. The van der Waals surface area contributed by atoms with Crippen LogP contribution in [0, 0.1) is 6.92 Å². The van der Waals surface area contributed by atoms with Crippen molar-refractivity contribution < 1.29 is 17.9 Å². The highest BCUT2D eigenvalue weighted by molar-refractivity contribution is 7.92. The molecule has 5 aromatic heterocycles. The molecule has 15 nitrogen and oxygen atoms in total. The van der Waals surface area contributed by atoms with Gasteiger partial charge in [0.1, 0.15) is 35.8 Å². The van der Waals surface area contributed by atoms with E-state index in [2.05, 4.69) is 29.7 Å². The number of methoxy groups -OCH3 is 1. The quantitative estimate of drug-likeness (QED) is 0.0952. The molecule has 0 bridgehead atoms. The Morgan fingerprint density at radius 2 is 1.75 bits per heavy atom. The topological polar surface area (TPSA) is 164 Å². The van der Waals surface area contributed by atoms with Crippen LogP contribution in [-0.2, 0) is 21.5 Å². The van der Waals surface area contributed by atoms with Crippen molar-refractivity contribution in [3.05, 3.63) is 107 Å². The molecular formula is C38H44N10O5SSi. The van der Waals surface area contributed by atoms with Crippen molar-refractivity contribution in [1.82, 2.24) is 38.5 Å². The smallest absolute Gasteiger partial charge is 0.282 e. The van der Waals surface area contributed by atoms with Gasteiger partial charge in [0.15, 0.2) is 5.82 Å². The third-order valence-electron chi connectivity index (χ3n) is 9.11. The Balaban J connectivity index is 1.32. The predicted molar refractivity (Wildman–Crippen MR) is 217 cm³/mol. The van der Waals surface area contributed by atoms with Crippen LogP contribution in [0.4, 0.5) is 11.5 Å². The molecular weight excluding hydrogens is 737 g/mol. The molecule has 0 saturated heterocycles. The minimum absolute atomic E-state index is 0.180. The van der Waals surface area contributed by atoms with Crippen molar-refractivity contribution in [1.29, 1.82) is 0 Å². The second-order valence-electron chi connectivity index (χ2n) is 14.7. The zero-order valence-corrected chi connectivity index (χ0v) is 33.6. The number of aryl methyl sites for hydroxylation is 1. The number of nitrogens with zero attached hydrogens (tertiary/aromatic N) is 8. The molecule has 1 atom stereocenters. The molecule has 5 heterocycles. The molecule has 0 aliphatic rings. The lowest BCUT2D eigenvalue weighted by Crippen LogP contribution is -2.29. The van der Waals surface area contributed by atoms with Gasteiger partial charge in [0.25, 0.3) is 5.56 Å². The molecule has 2 aromatic carbocycles. The Labute approximate surface area is 319 Å². The lowest BCUT2D eigenvalue weighted by molar-refractivity contribution is 0.0899. The van der Waals surface area contributed by atoms with Crippen LogP contribution in [0.15, 0.2) is 90.4 Å². The number of ether oxygens (including phenoxy) is 2. The summed E-state index contributed by atoms with van der Waals surface area (Å²) < 4.78 is 45.1. The first-order valence-corrected chi connectivity index (χ1v) is 23.4. The number of hydrogen-bond donors (Lipinski definition) is 2. The van der Waals surface area contributed by atoms with Crippen LogP contribution in [0.1, 0.15) is 24.4 Å². The molecule has 0 saturated carbocycles. The van der Waals surface area contributed by atoms with Crippen molar-refractivity contribution >= 4 is 46.2 Å². The minimum Gasteiger partial charge on any atom is -0.497 e. The molecule has 0 spiro atoms. The maximum atomic E-state index is 14.1. The summed E-state index contributed by atoms with van der Waals surface area (Å²) in [6.45, 7) is 11.7. The van der Waals surface area contributed by atoms with E-state index < -0.39 is 24.1 Å². The number of rotatable bonds is 14. The molecule has 55 heavy (non-hydrogen) atoms. The van der Waals surface area contributed by atoms with Gasteiger partial charge in [0.05, 0.1) is 47.5 Å². The van der Waals surface area contributed by atoms with Gasteiger partial charge in [-0.15, -0.1) is 0 Å². The highest BCUT2D eigenvalue weighted by atomic mass is 32.2. The number of aromatic nitrogens is 8. The highest BCUT2D eigenvalue weighted by Crippen LogP contribution is 2.35. The average molecular weight is 781 g/mol. The number of nitrogens with one attached hydrogen (secondary N) is 2. The van der Waals surface area contributed by atoms with E-state index in [4.69, 9.17) is 29.6 Å². The number of anilines is 2. The number of benzene rings is 2. The molecule has 7 aromatic rings. The summed E-state index contributed by atoms with van der Waals surface area (Å²) in [6.07, 6.45) is 8.12. The minimum atomic E-state index is -3.54. The molecule has 7 rings (SSSR count). The lowest BCUT2D eigenvalue weighted by Gasteiger charge is -2.20. The fourth-order valence-electron chi connectivity index (χ4n) is 6.39. The third kappa shape index (κ3) is 8.03. The van der Waals surface area contributed by atoms with Crippen LogP contribution in [0.3, 0.4) is 0 Å². The van der Waals surface area contributed by atoms with Crippen molar-refractivity contribution in [2.24, 2.45) is 0 Å². The van der Waals surface area contributed by atoms with Crippen LogP contribution in [0.2, 0.25) is 25.7 Å². The van der Waals surface area contributed by atoms with Gasteiger partial charge < -0.3 is 19.4 Å². The first kappa shape index (κ1) is 37.5. The SMILES string of the molecule is COc1cc(NS(C)(=O)=O)cc(-n2ccc(-c3cn(COCC[Si](C)(C)C)c4ncnc(NC(C)c5nn6ccc(C)c6c(=O)n5-c5ccccc5)c34)n2)c1. The Hall–Kier alpha value is -5.78. The molecule has 0 radical (unpaired) electrons. The maximum absolute atomic E-state index is 14.1. The number of hydrogen-bond acceptors (Lipinski definition) is 10. The molecule has 2 N–H and O–H groups in total. The summed E-state index contributed by atoms with van der Waals surface area (Å²) in [6, 6.07) is 18.8. The van der Waals surface area contributed by atoms with E-state index in [1.54, 1.807) is 44.4 Å². The number of para-hydroxylation sites is 1. The van der Waals surface area contributed by atoms with Gasteiger partial charge in [-0.3, -0.25) is 14.1 Å². The largest absolute Gasteiger partial charge is 0.497 e. The molecule has 0 aliphatic carbocycles. The zero-order valence-electron chi connectivity index (χ0n) is 31.8. The van der Waals surface area contributed by atoms with Crippen LogP contribution < -0.4 is 20.3 Å². The highest BCUT2D eigenvalue weighted by Gasteiger charge is 2.24. The van der Waals surface area contributed by atoms with Crippen molar-refractivity contribution in [2.75, 3.05) is 30.0 Å². The van der Waals surface area contributed by atoms with Crippen molar-refractivity contribution in [3.8, 4) is 28.4 Å². The summed E-state index contributed by atoms with van der Waals surface area (Å²) in [5.41, 5.74) is 4.75. The van der Waals surface area contributed by atoms with Crippen molar-refractivity contribution in [2.45, 2.75) is 52.3 Å². The van der Waals surface area contributed by atoms with Crippen LogP contribution in [0.25, 0.3) is 39.2 Å². The van der Waals surface area contributed by atoms with Crippen LogP contribution in [-0.4, -0.2) is 75.0 Å². The first-order valence-electron chi connectivity index (χ1n) is 17.8.